The molecule has 0 aliphatic carbocycles. The van der Waals surface area contributed by atoms with Gasteiger partial charge in [-0.1, -0.05) is 29.3 Å². The Morgan fingerprint density at radius 1 is 1.17 bits per heavy atom. The summed E-state index contributed by atoms with van der Waals surface area (Å²) >= 11 is 12.1. The number of anilines is 1. The van der Waals surface area contributed by atoms with Crippen molar-refractivity contribution in [2.45, 2.75) is 13.0 Å². The summed E-state index contributed by atoms with van der Waals surface area (Å²) in [7, 11) is 0. The van der Waals surface area contributed by atoms with E-state index in [9.17, 15) is 4.79 Å². The molecule has 0 radical (unpaired) electrons. The zero-order chi connectivity index (χ0) is 16.4. The molecule has 1 unspecified atom stereocenters. The molecule has 23 heavy (non-hydrogen) atoms. The smallest absolute Gasteiger partial charge is 0.265 e. The van der Waals surface area contributed by atoms with Crippen LogP contribution in [-0.2, 0) is 4.79 Å². The minimum absolute atomic E-state index is 0.180. The molecular weight excluding hydrogens is 341 g/mol. The summed E-state index contributed by atoms with van der Waals surface area (Å²) in [5.41, 5.74) is 0.363. The summed E-state index contributed by atoms with van der Waals surface area (Å²) in [6.45, 7) is 1.81. The summed E-state index contributed by atoms with van der Waals surface area (Å²) in [5, 5.41) is 3.39. The predicted octanol–water partition coefficient (Wildman–Crippen LogP) is 4.13. The topological polar surface area (TPSA) is 56.8 Å². The van der Waals surface area contributed by atoms with Crippen LogP contribution in [0, 0.1) is 0 Å². The Labute approximate surface area is 143 Å². The summed E-state index contributed by atoms with van der Waals surface area (Å²) in [6, 6.07) is 10.1. The van der Waals surface area contributed by atoms with Gasteiger partial charge in [-0.25, -0.2) is 0 Å². The second kappa shape index (κ2) is 6.56. The molecule has 120 valence electrons. The zero-order valence-corrected chi connectivity index (χ0v) is 13.6. The lowest BCUT2D eigenvalue weighted by atomic mass is 10.2. The lowest BCUT2D eigenvalue weighted by molar-refractivity contribution is -0.122. The van der Waals surface area contributed by atoms with Crippen LogP contribution in [0.2, 0.25) is 10.0 Å². The van der Waals surface area contributed by atoms with Crippen LogP contribution < -0.4 is 19.5 Å². The van der Waals surface area contributed by atoms with E-state index in [0.717, 1.165) is 0 Å². The molecule has 1 atom stereocenters. The van der Waals surface area contributed by atoms with E-state index in [1.54, 1.807) is 43.3 Å². The number of benzene rings is 2. The molecule has 0 fully saturated rings. The molecule has 0 aromatic heterocycles. The molecule has 2 aromatic carbocycles. The Kier molecular flexibility index (Phi) is 4.50. The Morgan fingerprint density at radius 2 is 1.87 bits per heavy atom. The second-order valence-corrected chi connectivity index (χ2v) is 5.68. The summed E-state index contributed by atoms with van der Waals surface area (Å²) < 4.78 is 16.1. The Balaban J connectivity index is 1.68. The highest BCUT2D eigenvalue weighted by molar-refractivity contribution is 6.39. The van der Waals surface area contributed by atoms with Gasteiger partial charge < -0.3 is 19.5 Å². The number of fused-ring (bicyclic) bond motifs is 1. The fraction of sp³-hybridized carbons (Fsp3) is 0.188. The van der Waals surface area contributed by atoms with Crippen molar-refractivity contribution in [3.05, 3.63) is 46.4 Å². The molecule has 7 heteroatoms. The number of ether oxygens (including phenoxy) is 3. The van der Waals surface area contributed by atoms with Gasteiger partial charge in [-0.3, -0.25) is 4.79 Å². The van der Waals surface area contributed by atoms with Crippen LogP contribution in [0.1, 0.15) is 6.92 Å². The minimum atomic E-state index is -0.747. The number of para-hydroxylation sites is 1. The zero-order valence-electron chi connectivity index (χ0n) is 12.1. The van der Waals surface area contributed by atoms with Crippen molar-refractivity contribution in [1.82, 2.24) is 0 Å². The van der Waals surface area contributed by atoms with E-state index in [0.29, 0.717) is 33.0 Å². The third-order valence-electron chi connectivity index (χ3n) is 3.24. The largest absolute Gasteiger partial charge is 0.481 e. The van der Waals surface area contributed by atoms with Gasteiger partial charge in [-0.2, -0.15) is 0 Å². The van der Waals surface area contributed by atoms with Gasteiger partial charge in [0.25, 0.3) is 5.91 Å². The molecule has 1 amide bonds. The van der Waals surface area contributed by atoms with Gasteiger partial charge in [0.05, 0.1) is 15.7 Å². The van der Waals surface area contributed by atoms with Crippen LogP contribution >= 0.6 is 23.2 Å². The minimum Gasteiger partial charge on any atom is -0.481 e. The van der Waals surface area contributed by atoms with Crippen LogP contribution in [0.5, 0.6) is 17.2 Å². The van der Waals surface area contributed by atoms with Crippen molar-refractivity contribution in [3.8, 4) is 17.2 Å². The van der Waals surface area contributed by atoms with Gasteiger partial charge in [0.15, 0.2) is 17.6 Å². The summed E-state index contributed by atoms with van der Waals surface area (Å²) in [5.74, 6) is 1.38. The highest BCUT2D eigenvalue weighted by Crippen LogP contribution is 2.35. The normalized spacial score (nSPS) is 13.5. The number of rotatable bonds is 4. The molecule has 0 spiro atoms. The molecule has 1 aliphatic rings. The van der Waals surface area contributed by atoms with Gasteiger partial charge in [0.1, 0.15) is 5.75 Å². The maximum atomic E-state index is 12.2. The number of halogens is 2. The fourth-order valence-electron chi connectivity index (χ4n) is 2.05. The van der Waals surface area contributed by atoms with E-state index in [2.05, 4.69) is 5.32 Å². The van der Waals surface area contributed by atoms with Crippen molar-refractivity contribution in [1.29, 1.82) is 0 Å². The van der Waals surface area contributed by atoms with E-state index in [-0.39, 0.29) is 12.7 Å². The molecule has 1 heterocycles. The third-order valence-corrected chi connectivity index (χ3v) is 3.87. The van der Waals surface area contributed by atoms with Crippen molar-refractivity contribution in [3.63, 3.8) is 0 Å². The molecule has 3 rings (SSSR count). The van der Waals surface area contributed by atoms with Crippen LogP contribution in [0.4, 0.5) is 5.69 Å². The molecule has 1 N–H and O–H groups in total. The van der Waals surface area contributed by atoms with E-state index in [1.807, 2.05) is 0 Å². The number of nitrogens with one attached hydrogen (secondary N) is 1. The predicted molar refractivity (Wildman–Crippen MR) is 87.7 cm³/mol. The first-order chi connectivity index (χ1) is 11.0. The average Bonchev–Trinajstić information content (AvgIpc) is 2.98. The highest BCUT2D eigenvalue weighted by Gasteiger charge is 2.19. The Bertz CT molecular complexity index is 731. The first-order valence-electron chi connectivity index (χ1n) is 6.86. The van der Waals surface area contributed by atoms with Gasteiger partial charge in [0, 0.05) is 6.07 Å². The maximum absolute atomic E-state index is 12.2. The number of hydrogen-bond donors (Lipinski definition) is 1. The van der Waals surface area contributed by atoms with Gasteiger partial charge in [-0.05, 0) is 31.2 Å². The van der Waals surface area contributed by atoms with Gasteiger partial charge in [-0.15, -0.1) is 0 Å². The van der Waals surface area contributed by atoms with Gasteiger partial charge >= 0.3 is 0 Å². The molecule has 0 bridgehead atoms. The Hall–Kier alpha value is -2.11. The summed E-state index contributed by atoms with van der Waals surface area (Å²) in [4.78, 5) is 12.2. The maximum Gasteiger partial charge on any atom is 0.265 e. The lowest BCUT2D eigenvalue weighted by Crippen LogP contribution is -2.30. The van der Waals surface area contributed by atoms with Crippen molar-refractivity contribution >= 4 is 34.8 Å². The highest BCUT2D eigenvalue weighted by atomic mass is 35.5. The number of hydrogen-bond acceptors (Lipinski definition) is 4. The van der Waals surface area contributed by atoms with Crippen molar-refractivity contribution in [2.75, 3.05) is 12.1 Å². The van der Waals surface area contributed by atoms with E-state index in [1.165, 1.54) is 0 Å². The average molecular weight is 354 g/mol. The molecule has 5 nitrogen and oxygen atoms in total. The second-order valence-electron chi connectivity index (χ2n) is 4.86. The summed E-state index contributed by atoms with van der Waals surface area (Å²) in [6.07, 6.45) is -0.747. The van der Waals surface area contributed by atoms with E-state index in [4.69, 9.17) is 37.4 Å². The fourth-order valence-corrected chi connectivity index (χ4v) is 2.54. The standard InChI is InChI=1S/C16H13Cl2NO4/c1-9(16(20)19-15-11(17)3-2-4-12(15)18)23-10-5-6-13-14(7-10)22-8-21-13/h2-7,9H,8H2,1H3,(H,19,20). The lowest BCUT2D eigenvalue weighted by Gasteiger charge is -2.16. The molecular formula is C16H13Cl2NO4. The van der Waals surface area contributed by atoms with Crippen LogP contribution in [0.25, 0.3) is 0 Å². The quantitative estimate of drug-likeness (QED) is 0.897. The van der Waals surface area contributed by atoms with Crippen LogP contribution in [0.3, 0.4) is 0 Å². The van der Waals surface area contributed by atoms with Crippen molar-refractivity contribution < 1.29 is 19.0 Å². The number of carbonyl (C=O) groups excluding carboxylic acids is 1. The molecule has 0 saturated heterocycles. The number of amides is 1. The SMILES string of the molecule is CC(Oc1ccc2c(c1)OCO2)C(=O)Nc1c(Cl)cccc1Cl. The van der Waals surface area contributed by atoms with Crippen LogP contribution in [0.15, 0.2) is 36.4 Å². The molecule has 2 aromatic rings. The van der Waals surface area contributed by atoms with Gasteiger partial charge in [0.2, 0.25) is 6.79 Å². The van der Waals surface area contributed by atoms with Crippen LogP contribution in [-0.4, -0.2) is 18.8 Å². The van der Waals surface area contributed by atoms with Crippen molar-refractivity contribution in [2.24, 2.45) is 0 Å². The molecule has 0 saturated carbocycles. The third kappa shape index (κ3) is 3.46. The monoisotopic (exact) mass is 353 g/mol. The first kappa shape index (κ1) is 15.8. The first-order valence-corrected chi connectivity index (χ1v) is 7.61. The molecule has 1 aliphatic heterocycles. The number of carbonyl (C=O) groups is 1. The van der Waals surface area contributed by atoms with E-state index < -0.39 is 6.10 Å². The Morgan fingerprint density at radius 3 is 2.61 bits per heavy atom. The van der Waals surface area contributed by atoms with E-state index >= 15 is 0 Å².